The van der Waals surface area contributed by atoms with Crippen LogP contribution in [0.4, 0.5) is 0 Å². The number of benzene rings is 1. The van der Waals surface area contributed by atoms with Crippen LogP contribution in [0.1, 0.15) is 36.0 Å². The molecule has 2 rings (SSSR count). The van der Waals surface area contributed by atoms with Gasteiger partial charge >= 0.3 is 0 Å². The fourth-order valence-corrected chi connectivity index (χ4v) is 3.16. The Morgan fingerprint density at radius 2 is 2.14 bits per heavy atom. The van der Waals surface area contributed by atoms with E-state index in [0.29, 0.717) is 22.9 Å². The number of alkyl halides is 1. The molecule has 1 fully saturated rings. The van der Waals surface area contributed by atoms with Gasteiger partial charge in [-0.05, 0) is 37.8 Å². The predicted molar refractivity (Wildman–Crippen MR) is 83.6 cm³/mol. The van der Waals surface area contributed by atoms with Gasteiger partial charge in [-0.15, -0.1) is 11.6 Å². The molecule has 0 saturated carbocycles. The Kier molecular flexibility index (Phi) is 5.74. The second-order valence-corrected chi connectivity index (χ2v) is 5.54. The number of methoxy groups -OCH3 is 2. The zero-order chi connectivity index (χ0) is 15.2. The number of amides is 1. The Hall–Kier alpha value is -1.42. The number of carbonyl (C=O) groups excluding carboxylic acids is 1. The molecule has 5 heteroatoms. The summed E-state index contributed by atoms with van der Waals surface area (Å²) in [5, 5.41) is 0. The number of para-hydroxylation sites is 1. The van der Waals surface area contributed by atoms with E-state index in [1.807, 2.05) is 11.0 Å². The van der Waals surface area contributed by atoms with Crippen molar-refractivity contribution in [3.8, 4) is 11.5 Å². The monoisotopic (exact) mass is 311 g/mol. The fourth-order valence-electron chi connectivity index (χ4n) is 2.90. The summed E-state index contributed by atoms with van der Waals surface area (Å²) in [6, 6.07) is 5.62. The smallest absolute Gasteiger partial charge is 0.258 e. The molecule has 1 atom stereocenters. The topological polar surface area (TPSA) is 38.8 Å². The lowest BCUT2D eigenvalue weighted by atomic mass is 9.98. The summed E-state index contributed by atoms with van der Waals surface area (Å²) in [5.74, 6) is 1.65. The Labute approximate surface area is 131 Å². The zero-order valence-electron chi connectivity index (χ0n) is 12.6. The third kappa shape index (κ3) is 3.43. The molecule has 1 unspecified atom stereocenters. The minimum Gasteiger partial charge on any atom is -0.493 e. The third-order valence-corrected chi connectivity index (χ3v) is 4.18. The molecule has 1 aliphatic heterocycles. The van der Waals surface area contributed by atoms with E-state index < -0.39 is 0 Å². The average Bonchev–Trinajstić information content (AvgIpc) is 2.54. The Balaban J connectivity index is 2.29. The van der Waals surface area contributed by atoms with E-state index in [1.54, 1.807) is 26.4 Å². The highest BCUT2D eigenvalue weighted by Gasteiger charge is 2.29. The summed E-state index contributed by atoms with van der Waals surface area (Å²) in [4.78, 5) is 14.8. The van der Waals surface area contributed by atoms with Crippen LogP contribution in [-0.4, -0.2) is 43.5 Å². The molecule has 0 aromatic heterocycles. The van der Waals surface area contributed by atoms with E-state index in [0.717, 1.165) is 32.2 Å². The number of carbonyl (C=O) groups is 1. The summed E-state index contributed by atoms with van der Waals surface area (Å²) in [7, 11) is 3.13. The normalized spacial score (nSPS) is 18.4. The number of hydrogen-bond donors (Lipinski definition) is 0. The van der Waals surface area contributed by atoms with Crippen molar-refractivity contribution in [2.45, 2.75) is 31.7 Å². The van der Waals surface area contributed by atoms with E-state index in [9.17, 15) is 4.79 Å². The van der Waals surface area contributed by atoms with Gasteiger partial charge in [-0.1, -0.05) is 6.07 Å². The van der Waals surface area contributed by atoms with Gasteiger partial charge in [0, 0.05) is 18.5 Å². The van der Waals surface area contributed by atoms with Crippen molar-refractivity contribution < 1.29 is 14.3 Å². The van der Waals surface area contributed by atoms with Gasteiger partial charge in [0.2, 0.25) is 0 Å². The van der Waals surface area contributed by atoms with Gasteiger partial charge in [-0.25, -0.2) is 0 Å². The molecule has 4 nitrogen and oxygen atoms in total. The van der Waals surface area contributed by atoms with Crippen molar-refractivity contribution in [2.75, 3.05) is 26.6 Å². The zero-order valence-corrected chi connectivity index (χ0v) is 13.4. The molecule has 1 aromatic rings. The van der Waals surface area contributed by atoms with Crippen LogP contribution in [-0.2, 0) is 0 Å². The van der Waals surface area contributed by atoms with Crippen molar-refractivity contribution >= 4 is 17.5 Å². The van der Waals surface area contributed by atoms with Crippen molar-refractivity contribution in [3.63, 3.8) is 0 Å². The Morgan fingerprint density at radius 3 is 2.81 bits per heavy atom. The molecular formula is C16H22ClNO3. The van der Waals surface area contributed by atoms with Crippen molar-refractivity contribution in [2.24, 2.45) is 0 Å². The summed E-state index contributed by atoms with van der Waals surface area (Å²) in [5.41, 5.74) is 0.554. The first-order valence-electron chi connectivity index (χ1n) is 7.30. The van der Waals surface area contributed by atoms with Gasteiger partial charge in [0.25, 0.3) is 5.91 Å². The minimum atomic E-state index is 0.000525. The van der Waals surface area contributed by atoms with Crippen LogP contribution in [0.15, 0.2) is 18.2 Å². The maximum absolute atomic E-state index is 12.9. The number of piperidine rings is 1. The lowest BCUT2D eigenvalue weighted by molar-refractivity contribution is 0.0605. The molecule has 0 aliphatic carbocycles. The highest BCUT2D eigenvalue weighted by atomic mass is 35.5. The molecule has 21 heavy (non-hydrogen) atoms. The van der Waals surface area contributed by atoms with Gasteiger partial charge < -0.3 is 14.4 Å². The molecule has 1 aliphatic rings. The summed E-state index contributed by atoms with van der Waals surface area (Å²) < 4.78 is 10.6. The van der Waals surface area contributed by atoms with Crippen LogP contribution < -0.4 is 9.47 Å². The minimum absolute atomic E-state index is 0.000525. The van der Waals surface area contributed by atoms with Crippen molar-refractivity contribution in [1.82, 2.24) is 4.90 Å². The summed E-state index contributed by atoms with van der Waals surface area (Å²) in [6.45, 7) is 0.779. The second kappa shape index (κ2) is 7.55. The molecule has 0 spiro atoms. The highest BCUT2D eigenvalue weighted by Crippen LogP contribution is 2.33. The summed E-state index contributed by atoms with van der Waals surface area (Å²) >= 11 is 5.87. The number of likely N-dealkylation sites (tertiary alicyclic amines) is 1. The molecule has 116 valence electrons. The maximum atomic E-state index is 12.9. The first-order valence-corrected chi connectivity index (χ1v) is 7.84. The van der Waals surface area contributed by atoms with E-state index in [2.05, 4.69) is 0 Å². The van der Waals surface area contributed by atoms with Crippen LogP contribution in [0.25, 0.3) is 0 Å². The fraction of sp³-hybridized carbons (Fsp3) is 0.562. The van der Waals surface area contributed by atoms with Crippen molar-refractivity contribution in [3.05, 3.63) is 23.8 Å². The lowest BCUT2D eigenvalue weighted by Gasteiger charge is -2.36. The molecule has 0 N–H and O–H groups in total. The molecule has 1 saturated heterocycles. The van der Waals surface area contributed by atoms with Crippen LogP contribution in [0.5, 0.6) is 11.5 Å². The van der Waals surface area contributed by atoms with E-state index in [-0.39, 0.29) is 11.9 Å². The molecular weight excluding hydrogens is 290 g/mol. The van der Waals surface area contributed by atoms with Gasteiger partial charge in [0.15, 0.2) is 11.5 Å². The SMILES string of the molecule is COc1cccc(C(=O)N2CCCCC2CCCl)c1OC. The average molecular weight is 312 g/mol. The molecule has 1 amide bonds. The Morgan fingerprint density at radius 1 is 1.33 bits per heavy atom. The molecule has 1 heterocycles. The number of hydrogen-bond acceptors (Lipinski definition) is 3. The van der Waals surface area contributed by atoms with Crippen molar-refractivity contribution in [1.29, 1.82) is 0 Å². The quantitative estimate of drug-likeness (QED) is 0.783. The van der Waals surface area contributed by atoms with Gasteiger partial charge in [-0.3, -0.25) is 4.79 Å². The molecule has 0 radical (unpaired) electrons. The summed E-state index contributed by atoms with van der Waals surface area (Å²) in [6.07, 6.45) is 4.04. The van der Waals surface area contributed by atoms with Crippen LogP contribution in [0, 0.1) is 0 Å². The number of ether oxygens (including phenoxy) is 2. The maximum Gasteiger partial charge on any atom is 0.258 e. The van der Waals surface area contributed by atoms with Crippen LogP contribution >= 0.6 is 11.6 Å². The Bertz CT molecular complexity index is 490. The largest absolute Gasteiger partial charge is 0.493 e. The van der Waals surface area contributed by atoms with Gasteiger partial charge in [0.05, 0.1) is 19.8 Å². The third-order valence-electron chi connectivity index (χ3n) is 3.96. The van der Waals surface area contributed by atoms with Crippen LogP contribution in [0.2, 0.25) is 0 Å². The van der Waals surface area contributed by atoms with E-state index in [4.69, 9.17) is 21.1 Å². The number of halogens is 1. The molecule has 1 aromatic carbocycles. The van der Waals surface area contributed by atoms with E-state index >= 15 is 0 Å². The highest BCUT2D eigenvalue weighted by molar-refractivity contribution is 6.17. The van der Waals surface area contributed by atoms with Gasteiger partial charge in [0.1, 0.15) is 0 Å². The van der Waals surface area contributed by atoms with Crippen LogP contribution in [0.3, 0.4) is 0 Å². The second-order valence-electron chi connectivity index (χ2n) is 5.17. The first kappa shape index (κ1) is 16.0. The van der Waals surface area contributed by atoms with Gasteiger partial charge in [-0.2, -0.15) is 0 Å². The predicted octanol–water partition coefficient (Wildman–Crippen LogP) is 3.33. The lowest BCUT2D eigenvalue weighted by Crippen LogP contribution is -2.44. The standard InChI is InChI=1S/C16H22ClNO3/c1-20-14-8-5-7-13(15(14)21-2)16(19)18-11-4-3-6-12(18)9-10-17/h5,7-8,12H,3-4,6,9-11H2,1-2H3. The number of rotatable bonds is 5. The molecule has 0 bridgehead atoms. The number of nitrogens with zero attached hydrogens (tertiary/aromatic N) is 1. The van der Waals surface area contributed by atoms with E-state index in [1.165, 1.54) is 0 Å². The first-order chi connectivity index (χ1) is 10.2.